The molecule has 4 aromatic carbocycles. The molecule has 2 heteroatoms. The van der Waals surface area contributed by atoms with Gasteiger partial charge in [0.25, 0.3) is 0 Å². The molecule has 0 saturated carbocycles. The largest absolute Gasteiger partial charge is 0.241 e. The Bertz CT molecular complexity index is 1310. The third kappa shape index (κ3) is 2.90. The van der Waals surface area contributed by atoms with Gasteiger partial charge in [0.05, 0.1) is 15.2 Å². The van der Waals surface area contributed by atoms with Gasteiger partial charge < -0.3 is 0 Å². The van der Waals surface area contributed by atoms with Gasteiger partial charge in [0, 0.05) is 5.39 Å². The molecule has 1 aromatic heterocycles. The summed E-state index contributed by atoms with van der Waals surface area (Å²) >= 11 is 1.77. The minimum atomic E-state index is 1.11. The average molecular weight is 380 g/mol. The van der Waals surface area contributed by atoms with Crippen molar-refractivity contribution in [2.75, 3.05) is 0 Å². The summed E-state index contributed by atoms with van der Waals surface area (Å²) in [5, 5.41) is 3.60. The van der Waals surface area contributed by atoms with Crippen molar-refractivity contribution in [1.29, 1.82) is 0 Å². The number of nitrogens with zero attached hydrogens (tertiary/aromatic N) is 1. The van der Waals surface area contributed by atoms with Crippen molar-refractivity contribution in [3.63, 3.8) is 0 Å². The standard InChI is InChI=1S/C26H21NS/c1-16-4-8-19(9-5-16)21-12-13-22-24(14-21)23(20-10-6-17(2)7-11-20)15-25-26(22)27-18(3)28-25/h4-15H,1-3H3. The van der Waals surface area contributed by atoms with E-state index in [1.807, 2.05) is 0 Å². The fourth-order valence-corrected chi connectivity index (χ4v) is 4.70. The Morgan fingerprint density at radius 3 is 1.89 bits per heavy atom. The van der Waals surface area contributed by atoms with Gasteiger partial charge in [-0.15, -0.1) is 11.3 Å². The Morgan fingerprint density at radius 2 is 1.21 bits per heavy atom. The van der Waals surface area contributed by atoms with Gasteiger partial charge >= 0.3 is 0 Å². The molecule has 136 valence electrons. The normalized spacial score (nSPS) is 11.4. The van der Waals surface area contributed by atoms with Crippen LogP contribution in [0.5, 0.6) is 0 Å². The van der Waals surface area contributed by atoms with E-state index in [-0.39, 0.29) is 0 Å². The molecule has 0 unspecified atom stereocenters. The maximum Gasteiger partial charge on any atom is 0.0908 e. The number of fused-ring (bicyclic) bond motifs is 3. The second-order valence-corrected chi connectivity index (χ2v) is 8.73. The van der Waals surface area contributed by atoms with Crippen LogP contribution in [0, 0.1) is 20.8 Å². The van der Waals surface area contributed by atoms with Crippen LogP contribution in [0.2, 0.25) is 0 Å². The van der Waals surface area contributed by atoms with E-state index in [1.54, 1.807) is 11.3 Å². The van der Waals surface area contributed by atoms with Crippen molar-refractivity contribution < 1.29 is 0 Å². The summed E-state index contributed by atoms with van der Waals surface area (Å²) in [6.45, 7) is 6.34. The van der Waals surface area contributed by atoms with Gasteiger partial charge in [-0.05, 0) is 60.5 Å². The van der Waals surface area contributed by atoms with Crippen molar-refractivity contribution in [2.45, 2.75) is 20.8 Å². The van der Waals surface area contributed by atoms with E-state index in [4.69, 9.17) is 4.98 Å². The molecule has 0 aliphatic rings. The van der Waals surface area contributed by atoms with E-state index in [0.29, 0.717) is 0 Å². The van der Waals surface area contributed by atoms with Crippen LogP contribution in [0.15, 0.2) is 72.8 Å². The zero-order valence-corrected chi connectivity index (χ0v) is 17.1. The number of aryl methyl sites for hydroxylation is 3. The summed E-state index contributed by atoms with van der Waals surface area (Å²) < 4.78 is 1.25. The first-order valence-electron chi connectivity index (χ1n) is 9.56. The molecular weight excluding hydrogens is 358 g/mol. The van der Waals surface area contributed by atoms with Crippen molar-refractivity contribution >= 4 is 32.3 Å². The second kappa shape index (κ2) is 6.57. The summed E-state index contributed by atoms with van der Waals surface area (Å²) in [6, 6.07) is 26.7. The monoisotopic (exact) mass is 379 g/mol. The first-order chi connectivity index (χ1) is 13.6. The Hall–Kier alpha value is -2.97. The molecule has 0 radical (unpaired) electrons. The van der Waals surface area contributed by atoms with Crippen molar-refractivity contribution in [2.24, 2.45) is 0 Å². The van der Waals surface area contributed by atoms with E-state index >= 15 is 0 Å². The van der Waals surface area contributed by atoms with Crippen molar-refractivity contribution in [3.8, 4) is 22.3 Å². The minimum absolute atomic E-state index is 1.11. The fraction of sp³-hybridized carbons (Fsp3) is 0.115. The number of hydrogen-bond acceptors (Lipinski definition) is 2. The van der Waals surface area contributed by atoms with E-state index in [0.717, 1.165) is 10.5 Å². The highest BCUT2D eigenvalue weighted by Gasteiger charge is 2.13. The van der Waals surface area contributed by atoms with Crippen LogP contribution in [0.25, 0.3) is 43.2 Å². The number of thiazole rings is 1. The third-order valence-corrected chi connectivity index (χ3v) is 6.27. The Morgan fingerprint density at radius 1 is 0.607 bits per heavy atom. The van der Waals surface area contributed by atoms with Crippen LogP contribution in [-0.2, 0) is 0 Å². The maximum atomic E-state index is 4.82. The van der Waals surface area contributed by atoms with Gasteiger partial charge in [0.1, 0.15) is 0 Å². The Balaban J connectivity index is 1.82. The van der Waals surface area contributed by atoms with Gasteiger partial charge in [0.2, 0.25) is 0 Å². The highest BCUT2D eigenvalue weighted by Crippen LogP contribution is 2.39. The zero-order chi connectivity index (χ0) is 19.3. The van der Waals surface area contributed by atoms with Gasteiger partial charge in [0.15, 0.2) is 0 Å². The average Bonchev–Trinajstić information content (AvgIpc) is 3.08. The molecule has 5 aromatic rings. The second-order valence-electron chi connectivity index (χ2n) is 7.50. The van der Waals surface area contributed by atoms with E-state index in [1.165, 1.54) is 48.9 Å². The van der Waals surface area contributed by atoms with Crippen LogP contribution in [0.3, 0.4) is 0 Å². The molecule has 0 aliphatic carbocycles. The molecule has 0 N–H and O–H groups in total. The lowest BCUT2D eigenvalue weighted by atomic mass is 9.93. The smallest absolute Gasteiger partial charge is 0.0908 e. The summed E-state index contributed by atoms with van der Waals surface area (Å²) in [6.07, 6.45) is 0. The molecule has 0 amide bonds. The number of aromatic nitrogens is 1. The van der Waals surface area contributed by atoms with Crippen LogP contribution < -0.4 is 0 Å². The van der Waals surface area contributed by atoms with Crippen molar-refractivity contribution in [3.05, 3.63) is 88.9 Å². The summed E-state index contributed by atoms with van der Waals surface area (Å²) in [7, 11) is 0. The minimum Gasteiger partial charge on any atom is -0.241 e. The molecule has 0 bridgehead atoms. The highest BCUT2D eigenvalue weighted by atomic mass is 32.1. The van der Waals surface area contributed by atoms with Crippen LogP contribution >= 0.6 is 11.3 Å². The number of hydrogen-bond donors (Lipinski definition) is 0. The molecular formula is C26H21NS. The molecule has 0 saturated heterocycles. The molecule has 5 rings (SSSR count). The Kier molecular flexibility index (Phi) is 4.03. The van der Waals surface area contributed by atoms with E-state index in [2.05, 4.69) is 93.6 Å². The van der Waals surface area contributed by atoms with Crippen LogP contribution in [0.1, 0.15) is 16.1 Å². The van der Waals surface area contributed by atoms with Gasteiger partial charge in [-0.2, -0.15) is 0 Å². The summed E-state index contributed by atoms with van der Waals surface area (Å²) in [5.74, 6) is 0. The van der Waals surface area contributed by atoms with Crippen LogP contribution in [-0.4, -0.2) is 4.98 Å². The SMILES string of the molecule is Cc1ccc(-c2ccc3c(c2)c(-c2ccc(C)cc2)cc2sc(C)nc23)cc1. The molecule has 0 aliphatic heterocycles. The lowest BCUT2D eigenvalue weighted by Crippen LogP contribution is -1.86. The number of benzene rings is 4. The zero-order valence-electron chi connectivity index (χ0n) is 16.3. The third-order valence-electron chi connectivity index (χ3n) is 5.35. The molecule has 28 heavy (non-hydrogen) atoms. The maximum absolute atomic E-state index is 4.82. The topological polar surface area (TPSA) is 12.9 Å². The van der Waals surface area contributed by atoms with E-state index < -0.39 is 0 Å². The number of rotatable bonds is 2. The van der Waals surface area contributed by atoms with Gasteiger partial charge in [-0.3, -0.25) is 0 Å². The molecule has 0 atom stereocenters. The predicted octanol–water partition coefficient (Wildman–Crippen LogP) is 7.71. The molecule has 0 spiro atoms. The van der Waals surface area contributed by atoms with Crippen LogP contribution in [0.4, 0.5) is 0 Å². The Labute approximate surface area is 169 Å². The molecule has 0 fully saturated rings. The van der Waals surface area contributed by atoms with Crippen molar-refractivity contribution in [1.82, 2.24) is 4.98 Å². The van der Waals surface area contributed by atoms with Gasteiger partial charge in [-0.25, -0.2) is 4.98 Å². The lowest BCUT2D eigenvalue weighted by Gasteiger charge is -2.11. The summed E-state index contributed by atoms with van der Waals surface area (Å²) in [5.41, 5.74) is 8.70. The predicted molar refractivity (Wildman–Crippen MR) is 122 cm³/mol. The highest BCUT2D eigenvalue weighted by molar-refractivity contribution is 7.18. The fourth-order valence-electron chi connectivity index (χ4n) is 3.81. The lowest BCUT2D eigenvalue weighted by molar-refractivity contribution is 1.35. The molecule has 1 nitrogen and oxygen atoms in total. The molecule has 1 heterocycles. The quantitative estimate of drug-likeness (QED) is 0.306. The first-order valence-corrected chi connectivity index (χ1v) is 10.4. The first kappa shape index (κ1) is 17.2. The van der Waals surface area contributed by atoms with Gasteiger partial charge in [-0.1, -0.05) is 71.8 Å². The van der Waals surface area contributed by atoms with E-state index in [9.17, 15) is 0 Å². The summed E-state index contributed by atoms with van der Waals surface area (Å²) in [4.78, 5) is 4.82.